The van der Waals surface area contributed by atoms with E-state index in [1.54, 1.807) is 12.1 Å². The molecule has 0 aliphatic carbocycles. The number of methoxy groups -OCH3 is 1. The average Bonchev–Trinajstić information content (AvgIpc) is 2.65. The maximum atomic E-state index is 15.1. The number of carbonyl (C=O) groups excluding carboxylic acids is 3. The summed E-state index contributed by atoms with van der Waals surface area (Å²) in [5.74, 6) is -1.32. The molecule has 1 aromatic carbocycles. The molecule has 9 nitrogen and oxygen atoms in total. The Kier molecular flexibility index (Phi) is 7.77. The van der Waals surface area contributed by atoms with E-state index in [9.17, 15) is 14.4 Å². The highest BCUT2D eigenvalue weighted by molar-refractivity contribution is 5.67. The van der Waals surface area contributed by atoms with E-state index in [1.807, 2.05) is 0 Å². The van der Waals surface area contributed by atoms with Crippen LogP contribution in [0.15, 0.2) is 24.3 Å². The topological polar surface area (TPSA) is 107 Å². The summed E-state index contributed by atoms with van der Waals surface area (Å²) in [7, 11) is 1.50. The minimum atomic E-state index is -1.99. The lowest BCUT2D eigenvalue weighted by atomic mass is 9.99. The molecule has 10 heteroatoms. The van der Waals surface area contributed by atoms with Crippen molar-refractivity contribution in [3.8, 4) is 11.5 Å². The first-order valence-electron chi connectivity index (χ1n) is 8.79. The Labute approximate surface area is 167 Å². The summed E-state index contributed by atoms with van der Waals surface area (Å²) in [6.45, 7) is 3.02. The fraction of sp³-hybridized carbons (Fsp3) is 0.526. The zero-order valence-electron chi connectivity index (χ0n) is 16.5. The normalized spacial score (nSPS) is 26.2. The maximum Gasteiger partial charge on any atom is 0.303 e. The highest BCUT2D eigenvalue weighted by Gasteiger charge is 2.52. The van der Waals surface area contributed by atoms with Crippen molar-refractivity contribution < 1.29 is 47.2 Å². The Morgan fingerprint density at radius 1 is 0.931 bits per heavy atom. The molecule has 0 bridgehead atoms. The van der Waals surface area contributed by atoms with Crippen LogP contribution < -0.4 is 9.47 Å². The molecule has 1 aliphatic heterocycles. The molecule has 2 rings (SSSR count). The first kappa shape index (κ1) is 22.4. The van der Waals surface area contributed by atoms with Crippen LogP contribution in [0.25, 0.3) is 0 Å². The molecule has 0 amide bonds. The van der Waals surface area contributed by atoms with Crippen molar-refractivity contribution >= 4 is 17.9 Å². The number of alkyl halides is 1. The van der Waals surface area contributed by atoms with Crippen molar-refractivity contribution in [3.05, 3.63) is 24.3 Å². The van der Waals surface area contributed by atoms with Crippen LogP contribution in [0.4, 0.5) is 4.39 Å². The van der Waals surface area contributed by atoms with Gasteiger partial charge in [0.2, 0.25) is 12.5 Å². The summed E-state index contributed by atoms with van der Waals surface area (Å²) >= 11 is 0. The molecule has 0 radical (unpaired) electrons. The van der Waals surface area contributed by atoms with Crippen LogP contribution in [0.1, 0.15) is 20.8 Å². The van der Waals surface area contributed by atoms with Gasteiger partial charge in [-0.2, -0.15) is 0 Å². The number of esters is 3. The first-order chi connectivity index (χ1) is 13.7. The van der Waals surface area contributed by atoms with E-state index in [4.69, 9.17) is 28.4 Å². The van der Waals surface area contributed by atoms with Crippen molar-refractivity contribution in [2.24, 2.45) is 0 Å². The molecule has 0 saturated carbocycles. The second kappa shape index (κ2) is 10.1. The minimum absolute atomic E-state index is 0.261. The molecule has 1 saturated heterocycles. The van der Waals surface area contributed by atoms with Crippen molar-refractivity contribution in [2.45, 2.75) is 51.5 Å². The third-order valence-electron chi connectivity index (χ3n) is 3.94. The molecule has 5 atom stereocenters. The van der Waals surface area contributed by atoms with Crippen molar-refractivity contribution in [1.82, 2.24) is 0 Å². The Bertz CT molecular complexity index is 721. The fourth-order valence-electron chi connectivity index (χ4n) is 2.75. The summed E-state index contributed by atoms with van der Waals surface area (Å²) in [4.78, 5) is 34.1. The van der Waals surface area contributed by atoms with Gasteiger partial charge in [0.1, 0.15) is 24.2 Å². The van der Waals surface area contributed by atoms with Crippen LogP contribution in [0.3, 0.4) is 0 Å². The largest absolute Gasteiger partial charge is 0.497 e. The second-order valence-electron chi connectivity index (χ2n) is 6.23. The van der Waals surface area contributed by atoms with Crippen LogP contribution in [0.5, 0.6) is 11.5 Å². The van der Waals surface area contributed by atoms with Crippen LogP contribution in [-0.4, -0.2) is 62.4 Å². The highest BCUT2D eigenvalue weighted by Crippen LogP contribution is 2.31. The summed E-state index contributed by atoms with van der Waals surface area (Å²) in [5, 5.41) is 0. The number of halogens is 1. The predicted octanol–water partition coefficient (Wildman–Crippen LogP) is 1.56. The molecule has 1 fully saturated rings. The number of ether oxygens (including phenoxy) is 6. The number of rotatable bonds is 7. The van der Waals surface area contributed by atoms with Gasteiger partial charge in [-0.15, -0.1) is 0 Å². The van der Waals surface area contributed by atoms with Gasteiger partial charge in [0, 0.05) is 20.8 Å². The monoisotopic (exact) mass is 414 g/mol. The molecule has 0 spiro atoms. The molecule has 1 aliphatic rings. The van der Waals surface area contributed by atoms with Crippen LogP contribution >= 0.6 is 0 Å². The summed E-state index contributed by atoms with van der Waals surface area (Å²) < 4.78 is 46.4. The zero-order chi connectivity index (χ0) is 21.6. The Balaban J connectivity index is 2.27. The fourth-order valence-corrected chi connectivity index (χ4v) is 2.75. The molecule has 0 N–H and O–H groups in total. The van der Waals surface area contributed by atoms with E-state index in [0.29, 0.717) is 5.75 Å². The second-order valence-corrected chi connectivity index (χ2v) is 6.23. The lowest BCUT2D eigenvalue weighted by molar-refractivity contribution is -0.271. The van der Waals surface area contributed by atoms with Gasteiger partial charge in [-0.25, -0.2) is 4.39 Å². The SMILES string of the molecule is COc1ccc(O[C@@H]2O[C@H](COC(C)=O)[C@H](OC(C)=O)[C@H](OC(C)=O)[C@H]2F)cc1. The van der Waals surface area contributed by atoms with Gasteiger partial charge in [0.15, 0.2) is 12.2 Å². The van der Waals surface area contributed by atoms with Crippen LogP contribution in [-0.2, 0) is 33.3 Å². The molecular formula is C19H23FO9. The van der Waals surface area contributed by atoms with Crippen molar-refractivity contribution in [2.75, 3.05) is 13.7 Å². The molecule has 1 aromatic rings. The third kappa shape index (κ3) is 6.31. The summed E-state index contributed by atoms with van der Waals surface area (Å²) in [6, 6.07) is 6.28. The van der Waals surface area contributed by atoms with Crippen molar-refractivity contribution in [1.29, 1.82) is 0 Å². The molecule has 1 heterocycles. The standard InChI is InChI=1S/C19H23FO9/c1-10(21)25-9-15-17(26-11(2)22)18(27-12(3)23)16(20)19(29-15)28-14-7-5-13(24-4)6-8-14/h5-8,15-19H,9H2,1-4H3/t15-,16-,17+,18-,19-/m1/s1. The van der Waals surface area contributed by atoms with E-state index < -0.39 is 48.7 Å². The van der Waals surface area contributed by atoms with Gasteiger partial charge in [-0.05, 0) is 24.3 Å². The molecule has 29 heavy (non-hydrogen) atoms. The predicted molar refractivity (Wildman–Crippen MR) is 94.9 cm³/mol. The lowest BCUT2D eigenvalue weighted by Gasteiger charge is -2.41. The highest BCUT2D eigenvalue weighted by atomic mass is 19.1. The first-order valence-corrected chi connectivity index (χ1v) is 8.79. The Hall–Kier alpha value is -2.88. The van der Waals surface area contributed by atoms with Gasteiger partial charge < -0.3 is 28.4 Å². The third-order valence-corrected chi connectivity index (χ3v) is 3.94. The lowest BCUT2D eigenvalue weighted by Crippen LogP contribution is -2.61. The minimum Gasteiger partial charge on any atom is -0.497 e. The number of benzene rings is 1. The van der Waals surface area contributed by atoms with E-state index in [1.165, 1.54) is 26.2 Å². The Morgan fingerprint density at radius 3 is 2.00 bits per heavy atom. The van der Waals surface area contributed by atoms with E-state index in [-0.39, 0.29) is 12.4 Å². The van der Waals surface area contributed by atoms with E-state index >= 15 is 4.39 Å². The number of hydrogen-bond acceptors (Lipinski definition) is 9. The van der Waals surface area contributed by atoms with Crippen LogP contribution in [0.2, 0.25) is 0 Å². The number of hydrogen-bond donors (Lipinski definition) is 0. The quantitative estimate of drug-likeness (QED) is 0.485. The summed E-state index contributed by atoms with van der Waals surface area (Å²) in [6.07, 6.45) is -7.48. The Morgan fingerprint density at radius 2 is 1.48 bits per heavy atom. The molecular weight excluding hydrogens is 391 g/mol. The van der Waals surface area contributed by atoms with Gasteiger partial charge in [0.05, 0.1) is 7.11 Å². The van der Waals surface area contributed by atoms with Gasteiger partial charge in [0.25, 0.3) is 0 Å². The summed E-state index contributed by atoms with van der Waals surface area (Å²) in [5.41, 5.74) is 0. The van der Waals surface area contributed by atoms with Crippen molar-refractivity contribution in [3.63, 3.8) is 0 Å². The van der Waals surface area contributed by atoms with E-state index in [0.717, 1.165) is 13.8 Å². The molecule has 0 unspecified atom stereocenters. The van der Waals surface area contributed by atoms with Gasteiger partial charge in [-0.1, -0.05) is 0 Å². The molecule has 0 aromatic heterocycles. The van der Waals surface area contributed by atoms with Gasteiger partial charge in [-0.3, -0.25) is 14.4 Å². The maximum absolute atomic E-state index is 15.1. The average molecular weight is 414 g/mol. The van der Waals surface area contributed by atoms with Crippen LogP contribution in [0, 0.1) is 0 Å². The zero-order valence-corrected chi connectivity index (χ0v) is 16.5. The smallest absolute Gasteiger partial charge is 0.303 e. The number of carbonyl (C=O) groups is 3. The van der Waals surface area contributed by atoms with Gasteiger partial charge >= 0.3 is 17.9 Å². The van der Waals surface area contributed by atoms with E-state index in [2.05, 4.69) is 0 Å². The molecule has 160 valence electrons.